The van der Waals surface area contributed by atoms with Gasteiger partial charge in [-0.25, -0.2) is 0 Å². The monoisotopic (exact) mass is 708 g/mol. The summed E-state index contributed by atoms with van der Waals surface area (Å²) in [5.41, 5.74) is 4.98. The molecule has 0 unspecified atom stereocenters. The largest absolute Gasteiger partial charge is 1.00 e. The quantitative estimate of drug-likeness (QED) is 0.200. The van der Waals surface area contributed by atoms with Gasteiger partial charge in [0, 0.05) is 0 Å². The summed E-state index contributed by atoms with van der Waals surface area (Å²) >= 11 is 1.76. The Labute approximate surface area is 272 Å². The van der Waals surface area contributed by atoms with Crippen molar-refractivity contribution >= 4 is 47.1 Å². The molecule has 0 spiro atoms. The zero-order valence-corrected chi connectivity index (χ0v) is 29.0. The standard InChI is InChI=1S/2C15H11.C7H8Ge.2ClH.Zr/c2*1-2-6-12(5-1)15-10-9-13-7-3-4-8-14(13)11-15;1-8-7-5-3-2-4-6-7;;;/h2*1,3-5,7-11H,2H2;2-6H,1H3;2*1H;/q2*-1;;;;+2/p-2. The summed E-state index contributed by atoms with van der Waals surface area (Å²) in [4.78, 5) is 0. The molecule has 0 heterocycles. The van der Waals surface area contributed by atoms with Crippen molar-refractivity contribution in [1.29, 1.82) is 0 Å². The predicted octanol–water partition coefficient (Wildman–Crippen LogP) is 3.04. The van der Waals surface area contributed by atoms with E-state index in [1.165, 1.54) is 43.8 Å². The van der Waals surface area contributed by atoms with Crippen molar-refractivity contribution in [2.45, 2.75) is 18.6 Å². The van der Waals surface area contributed by atoms with Crippen molar-refractivity contribution in [1.82, 2.24) is 0 Å². The van der Waals surface area contributed by atoms with Gasteiger partial charge in [-0.2, -0.15) is 35.5 Å². The van der Waals surface area contributed by atoms with Gasteiger partial charge in [-0.1, -0.05) is 73.5 Å². The molecule has 0 fully saturated rings. The fourth-order valence-corrected chi connectivity index (χ4v) is 8.19. The maximum atomic E-state index is 3.34. The molecule has 0 atom stereocenters. The van der Waals surface area contributed by atoms with Gasteiger partial charge >= 0.3 is 72.1 Å². The van der Waals surface area contributed by atoms with Crippen LogP contribution in [0.1, 0.15) is 24.0 Å². The molecule has 5 aromatic carbocycles. The van der Waals surface area contributed by atoms with Crippen molar-refractivity contribution in [3.8, 4) is 0 Å². The molecule has 0 saturated heterocycles. The van der Waals surface area contributed by atoms with E-state index < -0.39 is 9.98 Å². The van der Waals surface area contributed by atoms with Crippen LogP contribution in [0.15, 0.2) is 140 Å². The Morgan fingerprint density at radius 1 is 0.537 bits per heavy atom. The van der Waals surface area contributed by atoms with Crippen LogP contribution in [0.2, 0.25) is 5.76 Å². The second-order valence-corrected chi connectivity index (χ2v) is 22.9. The summed E-state index contributed by atoms with van der Waals surface area (Å²) in [5.74, 6) is 2.41. The fraction of sp³-hybridized carbons (Fsp3) is 0.0811. The van der Waals surface area contributed by atoms with Crippen molar-refractivity contribution in [3.63, 3.8) is 0 Å². The number of benzene rings is 5. The Morgan fingerprint density at radius 3 is 1.32 bits per heavy atom. The maximum absolute atomic E-state index is 3.34. The first kappa shape index (κ1) is 33.1. The van der Waals surface area contributed by atoms with E-state index >= 15 is 0 Å². The summed E-state index contributed by atoms with van der Waals surface area (Å²) < 4.78 is 1.62. The molecule has 202 valence electrons. The van der Waals surface area contributed by atoms with Crippen LogP contribution in [0.5, 0.6) is 0 Å². The topological polar surface area (TPSA) is 0 Å². The summed E-state index contributed by atoms with van der Waals surface area (Å²) in [6.45, 7) is 0. The average Bonchev–Trinajstić information content (AvgIpc) is 3.73. The predicted molar refractivity (Wildman–Crippen MR) is 166 cm³/mol. The first-order chi connectivity index (χ1) is 19.2. The maximum Gasteiger partial charge on any atom is -1.00 e. The van der Waals surface area contributed by atoms with Crippen LogP contribution in [0.3, 0.4) is 0 Å². The van der Waals surface area contributed by atoms with Crippen molar-refractivity contribution in [2.75, 3.05) is 0 Å². The van der Waals surface area contributed by atoms with Crippen LogP contribution in [0.25, 0.3) is 32.7 Å². The van der Waals surface area contributed by atoms with Crippen molar-refractivity contribution in [3.05, 3.63) is 163 Å². The summed E-state index contributed by atoms with van der Waals surface area (Å²) in [5, 5.41) is 5.18. The van der Waals surface area contributed by atoms with Gasteiger partial charge in [0.1, 0.15) is 0 Å². The van der Waals surface area contributed by atoms with E-state index in [1.807, 2.05) is 0 Å². The molecule has 2 aliphatic rings. The summed E-state index contributed by atoms with van der Waals surface area (Å²) in [6.07, 6.45) is 17.2. The Kier molecular flexibility index (Phi) is 13.6. The molecule has 0 saturated carbocycles. The number of rotatable bonds is 3. The Balaban J connectivity index is 0.000000171. The van der Waals surface area contributed by atoms with Gasteiger partial charge in [-0.05, 0) is 21.5 Å². The van der Waals surface area contributed by atoms with Crippen LogP contribution in [0, 0.1) is 12.2 Å². The molecular weight excluding hydrogens is 679 g/mol. The van der Waals surface area contributed by atoms with Crippen LogP contribution < -0.4 is 29.2 Å². The van der Waals surface area contributed by atoms with E-state index in [1.54, 1.807) is 26.0 Å². The fourth-order valence-electron chi connectivity index (χ4n) is 4.61. The SMILES string of the molecule is [C-]1=C(c2ccc3ccccc3c2)C=CC1.[C-]1=C(c2ccc3ccccc3c2)C=CC1.[CH3][Ge](=[Zr+2])[c]1ccccc1.[Cl-].[Cl-]. The van der Waals surface area contributed by atoms with Crippen LogP contribution in [-0.2, 0) is 21.6 Å². The van der Waals surface area contributed by atoms with Gasteiger partial charge in [0.25, 0.3) is 0 Å². The molecule has 4 heteroatoms. The Hall–Kier alpha value is -2.41. The van der Waals surface area contributed by atoms with E-state index in [9.17, 15) is 0 Å². The zero-order valence-electron chi connectivity index (χ0n) is 22.9. The molecule has 0 bridgehead atoms. The molecule has 0 radical (unpaired) electrons. The number of halogens is 2. The molecule has 0 amide bonds. The third-order valence-electron chi connectivity index (χ3n) is 6.72. The summed E-state index contributed by atoms with van der Waals surface area (Å²) in [7, 11) is -0.676. The van der Waals surface area contributed by atoms with Gasteiger partial charge in [-0.15, -0.1) is 47.5 Å². The van der Waals surface area contributed by atoms with E-state index in [0.29, 0.717) is 0 Å². The van der Waals surface area contributed by atoms with Crippen LogP contribution in [-0.4, -0.2) is 9.98 Å². The molecule has 7 rings (SSSR count). The first-order valence-electron chi connectivity index (χ1n) is 13.3. The van der Waals surface area contributed by atoms with Gasteiger partial charge < -0.3 is 24.8 Å². The van der Waals surface area contributed by atoms with Gasteiger partial charge in [-0.3, -0.25) is 0 Å². The van der Waals surface area contributed by atoms with Crippen molar-refractivity contribution < 1.29 is 46.4 Å². The van der Waals surface area contributed by atoms with Gasteiger partial charge in [0.05, 0.1) is 0 Å². The Morgan fingerprint density at radius 2 is 0.951 bits per heavy atom. The smallest absolute Gasteiger partial charge is 1.00 e. The third kappa shape index (κ3) is 9.29. The van der Waals surface area contributed by atoms with E-state index in [-0.39, 0.29) is 24.8 Å². The molecule has 41 heavy (non-hydrogen) atoms. The molecule has 5 aromatic rings. The zero-order chi connectivity index (χ0) is 26.9. The van der Waals surface area contributed by atoms with Gasteiger partial charge in [0.2, 0.25) is 0 Å². The van der Waals surface area contributed by atoms with E-state index in [0.717, 1.165) is 12.8 Å². The minimum absolute atomic E-state index is 0. The molecule has 0 N–H and O–H groups in total. The van der Waals surface area contributed by atoms with Crippen LogP contribution in [0.4, 0.5) is 0 Å². The molecule has 2 aliphatic carbocycles. The molecule has 0 nitrogen and oxygen atoms in total. The number of fused-ring (bicyclic) bond motifs is 2. The first-order valence-corrected chi connectivity index (χ1v) is 23.9. The minimum Gasteiger partial charge on any atom is -1.00 e. The van der Waals surface area contributed by atoms with E-state index in [2.05, 4.69) is 157 Å². The second-order valence-electron chi connectivity index (χ2n) is 9.51. The average molecular weight is 709 g/mol. The van der Waals surface area contributed by atoms with Gasteiger partial charge in [0.15, 0.2) is 0 Å². The number of allylic oxidation sites excluding steroid dienone is 8. The summed E-state index contributed by atoms with van der Waals surface area (Å²) in [6, 6.07) is 40.9. The molecule has 0 aromatic heterocycles. The van der Waals surface area contributed by atoms with Crippen molar-refractivity contribution in [2.24, 2.45) is 0 Å². The number of hydrogen-bond acceptors (Lipinski definition) is 0. The Bertz CT molecular complexity index is 1630. The molecular formula is C37H30Cl2GeZr-2. The third-order valence-corrected chi connectivity index (χ3v) is 12.9. The van der Waals surface area contributed by atoms with Crippen LogP contribution >= 0.6 is 0 Å². The second kappa shape index (κ2) is 16.9. The minimum atomic E-state index is -0.676. The molecule has 0 aliphatic heterocycles. The van der Waals surface area contributed by atoms with E-state index in [4.69, 9.17) is 0 Å². The number of hydrogen-bond donors (Lipinski definition) is 0. The normalized spacial score (nSPS) is 12.7.